The lowest BCUT2D eigenvalue weighted by Gasteiger charge is -2.07. The van der Waals surface area contributed by atoms with Crippen LogP contribution >= 0.6 is 0 Å². The molecule has 0 saturated carbocycles. The van der Waals surface area contributed by atoms with Gasteiger partial charge in [-0.1, -0.05) is 18.2 Å². The Morgan fingerprint density at radius 1 is 0.941 bits per heavy atom. The van der Waals surface area contributed by atoms with Crippen molar-refractivity contribution >= 4 is 11.0 Å². The highest BCUT2D eigenvalue weighted by molar-refractivity contribution is 5.75. The van der Waals surface area contributed by atoms with Gasteiger partial charge in [0.2, 0.25) is 0 Å². The number of hydrogen-bond acceptors (Lipinski definition) is 3. The van der Waals surface area contributed by atoms with Gasteiger partial charge in [0.1, 0.15) is 5.82 Å². The highest BCUT2D eigenvalue weighted by Gasteiger charge is 2.05. The molecule has 0 N–H and O–H groups in total. The number of nitrogens with zero attached hydrogens (tertiary/aromatic N) is 3. The summed E-state index contributed by atoms with van der Waals surface area (Å²) in [7, 11) is 0. The fourth-order valence-corrected chi connectivity index (χ4v) is 1.79. The van der Waals surface area contributed by atoms with Crippen LogP contribution in [0.15, 0.2) is 59.7 Å². The number of hydrogen-bond donors (Lipinski definition) is 0. The quantitative estimate of drug-likeness (QED) is 0.631. The van der Waals surface area contributed by atoms with E-state index in [2.05, 4.69) is 9.97 Å². The molecular formula is C13H9N3O. The van der Waals surface area contributed by atoms with E-state index >= 15 is 0 Å². The first kappa shape index (κ1) is 9.72. The smallest absolute Gasteiger partial charge is 0.267 e. The molecule has 82 valence electrons. The summed E-state index contributed by atoms with van der Waals surface area (Å²) in [5.74, 6) is 0.608. The summed E-state index contributed by atoms with van der Waals surface area (Å²) in [6.45, 7) is 0. The van der Waals surface area contributed by atoms with Crippen LogP contribution in [0.2, 0.25) is 0 Å². The third kappa shape index (κ3) is 1.59. The van der Waals surface area contributed by atoms with Crippen molar-refractivity contribution in [1.82, 2.24) is 14.5 Å². The van der Waals surface area contributed by atoms with E-state index in [1.807, 2.05) is 36.4 Å². The molecule has 2 aromatic heterocycles. The first-order valence-electron chi connectivity index (χ1n) is 5.24. The van der Waals surface area contributed by atoms with E-state index in [9.17, 15) is 4.79 Å². The number of aromatic nitrogens is 3. The maximum absolute atomic E-state index is 11.9. The molecule has 0 radical (unpaired) electrons. The molecule has 0 aliphatic carbocycles. The molecule has 0 bridgehead atoms. The van der Waals surface area contributed by atoms with Crippen LogP contribution in [-0.2, 0) is 0 Å². The summed E-state index contributed by atoms with van der Waals surface area (Å²) in [6.07, 6.45) is 2.98. The molecule has 2 heterocycles. The topological polar surface area (TPSA) is 47.8 Å². The number of para-hydroxylation sites is 2. The first-order valence-corrected chi connectivity index (χ1v) is 5.24. The van der Waals surface area contributed by atoms with Crippen molar-refractivity contribution in [3.63, 3.8) is 0 Å². The molecule has 0 atom stereocenters. The lowest BCUT2D eigenvalue weighted by molar-refractivity contribution is 0.967. The summed E-state index contributed by atoms with van der Waals surface area (Å²) in [4.78, 5) is 20.2. The fourth-order valence-electron chi connectivity index (χ4n) is 1.79. The Hall–Kier alpha value is -2.49. The van der Waals surface area contributed by atoms with Crippen molar-refractivity contribution in [2.75, 3.05) is 0 Å². The Kier molecular flexibility index (Phi) is 2.19. The standard InChI is InChI=1S/C13H9N3O/c17-13-9-15-10-5-1-2-6-11(10)16(13)12-7-3-4-8-14-12/h1-9H. The highest BCUT2D eigenvalue weighted by Crippen LogP contribution is 2.11. The van der Waals surface area contributed by atoms with Gasteiger partial charge in [0.25, 0.3) is 5.56 Å². The van der Waals surface area contributed by atoms with Crippen molar-refractivity contribution in [2.24, 2.45) is 0 Å². The fraction of sp³-hybridized carbons (Fsp3) is 0. The van der Waals surface area contributed by atoms with Gasteiger partial charge in [-0.2, -0.15) is 0 Å². The zero-order valence-electron chi connectivity index (χ0n) is 8.95. The molecule has 0 amide bonds. The van der Waals surface area contributed by atoms with E-state index in [1.54, 1.807) is 16.8 Å². The Morgan fingerprint density at radius 2 is 1.76 bits per heavy atom. The number of benzene rings is 1. The molecule has 0 aliphatic heterocycles. The maximum atomic E-state index is 11.9. The normalized spacial score (nSPS) is 10.6. The third-order valence-corrected chi connectivity index (χ3v) is 2.54. The molecule has 0 unspecified atom stereocenters. The van der Waals surface area contributed by atoms with Gasteiger partial charge < -0.3 is 0 Å². The molecule has 3 aromatic rings. The minimum Gasteiger partial charge on any atom is -0.267 e. The number of pyridine rings is 1. The average molecular weight is 223 g/mol. The third-order valence-electron chi connectivity index (χ3n) is 2.54. The zero-order valence-corrected chi connectivity index (χ0v) is 8.95. The predicted octanol–water partition coefficient (Wildman–Crippen LogP) is 1.78. The lowest BCUT2D eigenvalue weighted by Crippen LogP contribution is -2.19. The summed E-state index contributed by atoms with van der Waals surface area (Å²) < 4.78 is 1.56. The molecule has 1 aromatic carbocycles. The number of rotatable bonds is 1. The molecule has 4 nitrogen and oxygen atoms in total. The van der Waals surface area contributed by atoms with Crippen LogP contribution in [0.3, 0.4) is 0 Å². The second-order valence-corrected chi connectivity index (χ2v) is 3.61. The van der Waals surface area contributed by atoms with Crippen molar-refractivity contribution in [3.05, 3.63) is 65.2 Å². The van der Waals surface area contributed by atoms with Gasteiger partial charge in [0.05, 0.1) is 17.2 Å². The maximum Gasteiger partial charge on any atom is 0.275 e. The van der Waals surface area contributed by atoms with Crippen molar-refractivity contribution in [3.8, 4) is 5.82 Å². The van der Waals surface area contributed by atoms with Gasteiger partial charge >= 0.3 is 0 Å². The zero-order chi connectivity index (χ0) is 11.7. The molecule has 0 fully saturated rings. The monoisotopic (exact) mass is 223 g/mol. The van der Waals surface area contributed by atoms with Gasteiger partial charge in [-0.15, -0.1) is 0 Å². The summed E-state index contributed by atoms with van der Waals surface area (Å²) in [5.41, 5.74) is 1.36. The second-order valence-electron chi connectivity index (χ2n) is 3.61. The van der Waals surface area contributed by atoms with Crippen LogP contribution in [0.1, 0.15) is 0 Å². The van der Waals surface area contributed by atoms with Gasteiger partial charge in [0, 0.05) is 6.20 Å². The van der Waals surface area contributed by atoms with Crippen LogP contribution in [0.25, 0.3) is 16.9 Å². The van der Waals surface area contributed by atoms with Crippen LogP contribution in [0, 0.1) is 0 Å². The predicted molar refractivity (Wildman–Crippen MR) is 65.1 cm³/mol. The van der Waals surface area contributed by atoms with E-state index < -0.39 is 0 Å². The Labute approximate surface area is 97.2 Å². The van der Waals surface area contributed by atoms with E-state index in [1.165, 1.54) is 6.20 Å². The van der Waals surface area contributed by atoms with Crippen LogP contribution in [0.5, 0.6) is 0 Å². The van der Waals surface area contributed by atoms with Gasteiger partial charge in [-0.25, -0.2) is 9.97 Å². The van der Waals surface area contributed by atoms with Crippen molar-refractivity contribution < 1.29 is 0 Å². The molecule has 0 spiro atoms. The largest absolute Gasteiger partial charge is 0.275 e. The van der Waals surface area contributed by atoms with Crippen LogP contribution in [0.4, 0.5) is 0 Å². The van der Waals surface area contributed by atoms with E-state index in [4.69, 9.17) is 0 Å². The second kappa shape index (κ2) is 3.83. The molecule has 17 heavy (non-hydrogen) atoms. The van der Waals surface area contributed by atoms with Gasteiger partial charge in [-0.05, 0) is 24.3 Å². The molecular weight excluding hydrogens is 214 g/mol. The van der Waals surface area contributed by atoms with Crippen LogP contribution in [-0.4, -0.2) is 14.5 Å². The summed E-state index contributed by atoms with van der Waals surface area (Å²) >= 11 is 0. The Morgan fingerprint density at radius 3 is 2.59 bits per heavy atom. The Bertz CT molecular complexity index is 719. The highest BCUT2D eigenvalue weighted by atomic mass is 16.1. The van der Waals surface area contributed by atoms with Crippen LogP contribution < -0.4 is 5.56 Å². The molecule has 0 saturated heterocycles. The lowest BCUT2D eigenvalue weighted by atomic mass is 10.3. The van der Waals surface area contributed by atoms with Gasteiger partial charge in [0.15, 0.2) is 0 Å². The average Bonchev–Trinajstić information content (AvgIpc) is 2.39. The van der Waals surface area contributed by atoms with E-state index in [0.29, 0.717) is 5.82 Å². The molecule has 0 aliphatic rings. The first-order chi connectivity index (χ1) is 8.36. The molecule has 4 heteroatoms. The summed E-state index contributed by atoms with van der Waals surface area (Å²) in [5, 5.41) is 0. The summed E-state index contributed by atoms with van der Waals surface area (Å²) in [6, 6.07) is 13.0. The number of fused-ring (bicyclic) bond motifs is 1. The van der Waals surface area contributed by atoms with Gasteiger partial charge in [-0.3, -0.25) is 9.36 Å². The van der Waals surface area contributed by atoms with Crippen molar-refractivity contribution in [2.45, 2.75) is 0 Å². The van der Waals surface area contributed by atoms with E-state index in [0.717, 1.165) is 11.0 Å². The molecule has 3 rings (SSSR count). The van der Waals surface area contributed by atoms with E-state index in [-0.39, 0.29) is 5.56 Å². The van der Waals surface area contributed by atoms with Crippen molar-refractivity contribution in [1.29, 1.82) is 0 Å². The SMILES string of the molecule is O=c1cnc2ccccc2n1-c1ccccn1. The minimum absolute atomic E-state index is 0.178. The Balaban J connectivity index is 2.43. The minimum atomic E-state index is -0.178.